The lowest BCUT2D eigenvalue weighted by Crippen LogP contribution is -2.39. The summed E-state index contributed by atoms with van der Waals surface area (Å²) in [6.07, 6.45) is 6.42. The maximum atomic E-state index is 4.53. The number of hydrogen-bond acceptors (Lipinski definition) is 4. The third-order valence-electron chi connectivity index (χ3n) is 4.64. The van der Waals surface area contributed by atoms with E-state index in [0.29, 0.717) is 5.41 Å². The molecular weight excluding hydrogens is 236 g/mol. The van der Waals surface area contributed by atoms with Crippen molar-refractivity contribution in [1.82, 2.24) is 9.97 Å². The summed E-state index contributed by atoms with van der Waals surface area (Å²) in [5.74, 6) is 2.09. The van der Waals surface area contributed by atoms with Crippen LogP contribution >= 0.6 is 0 Å². The minimum Gasteiger partial charge on any atom is -0.373 e. The highest BCUT2D eigenvalue weighted by Crippen LogP contribution is 2.36. The standard InChI is InChI=1S/C15H26N4/c1-5-12-13(16-4)17-11-18-14(12)19-9-7-15(3,6-2)8-10-19/h11H,5-10H2,1-4H3,(H,16,17,18). The van der Waals surface area contributed by atoms with Crippen LogP contribution < -0.4 is 10.2 Å². The Morgan fingerprint density at radius 3 is 2.47 bits per heavy atom. The number of nitrogens with zero attached hydrogens (tertiary/aromatic N) is 3. The van der Waals surface area contributed by atoms with Crippen molar-refractivity contribution in [1.29, 1.82) is 0 Å². The first-order valence-electron chi connectivity index (χ1n) is 7.40. The van der Waals surface area contributed by atoms with Gasteiger partial charge in [0.05, 0.1) is 0 Å². The molecule has 4 nitrogen and oxygen atoms in total. The number of rotatable bonds is 4. The zero-order valence-corrected chi connectivity index (χ0v) is 12.7. The summed E-state index contributed by atoms with van der Waals surface area (Å²) >= 11 is 0. The first kappa shape index (κ1) is 14.1. The highest BCUT2D eigenvalue weighted by atomic mass is 15.2. The van der Waals surface area contributed by atoms with Crippen LogP contribution in [0.5, 0.6) is 0 Å². The van der Waals surface area contributed by atoms with Gasteiger partial charge in [0.1, 0.15) is 18.0 Å². The molecule has 0 bridgehead atoms. The quantitative estimate of drug-likeness (QED) is 0.905. The topological polar surface area (TPSA) is 41.1 Å². The summed E-state index contributed by atoms with van der Waals surface area (Å²) in [6, 6.07) is 0. The second-order valence-corrected chi connectivity index (χ2v) is 5.78. The van der Waals surface area contributed by atoms with Crippen molar-refractivity contribution in [2.24, 2.45) is 5.41 Å². The van der Waals surface area contributed by atoms with E-state index in [1.807, 2.05) is 7.05 Å². The third kappa shape index (κ3) is 2.82. The van der Waals surface area contributed by atoms with Gasteiger partial charge in [-0.25, -0.2) is 9.97 Å². The Kier molecular flexibility index (Phi) is 4.27. The molecule has 0 atom stereocenters. The molecule has 0 amide bonds. The van der Waals surface area contributed by atoms with E-state index in [-0.39, 0.29) is 0 Å². The molecule has 2 heterocycles. The average molecular weight is 262 g/mol. The van der Waals surface area contributed by atoms with Crippen LogP contribution in [0.4, 0.5) is 11.6 Å². The van der Waals surface area contributed by atoms with Gasteiger partial charge in [0.2, 0.25) is 0 Å². The second-order valence-electron chi connectivity index (χ2n) is 5.78. The van der Waals surface area contributed by atoms with Crippen molar-refractivity contribution >= 4 is 11.6 Å². The van der Waals surface area contributed by atoms with Crippen LogP contribution in [0.3, 0.4) is 0 Å². The van der Waals surface area contributed by atoms with Gasteiger partial charge >= 0.3 is 0 Å². The lowest BCUT2D eigenvalue weighted by Gasteiger charge is -2.40. The summed E-state index contributed by atoms with van der Waals surface area (Å²) in [6.45, 7) is 9.10. The molecule has 0 aromatic carbocycles. The molecule has 0 saturated carbocycles. The molecule has 19 heavy (non-hydrogen) atoms. The fourth-order valence-electron chi connectivity index (χ4n) is 2.83. The van der Waals surface area contributed by atoms with Gasteiger partial charge in [0.25, 0.3) is 0 Å². The maximum Gasteiger partial charge on any atom is 0.137 e. The monoisotopic (exact) mass is 262 g/mol. The summed E-state index contributed by atoms with van der Waals surface area (Å²) in [5.41, 5.74) is 1.76. The largest absolute Gasteiger partial charge is 0.373 e. The van der Waals surface area contributed by atoms with E-state index in [1.165, 1.54) is 24.8 Å². The molecule has 0 spiro atoms. The van der Waals surface area contributed by atoms with Crippen LogP contribution in [-0.4, -0.2) is 30.1 Å². The molecule has 106 valence electrons. The zero-order chi connectivity index (χ0) is 13.9. The number of aromatic nitrogens is 2. The summed E-state index contributed by atoms with van der Waals surface area (Å²) in [4.78, 5) is 11.3. The Hall–Kier alpha value is -1.32. The molecule has 1 aliphatic rings. The van der Waals surface area contributed by atoms with Gasteiger partial charge in [0, 0.05) is 25.7 Å². The number of anilines is 2. The molecule has 4 heteroatoms. The van der Waals surface area contributed by atoms with Gasteiger partial charge in [-0.05, 0) is 24.7 Å². The summed E-state index contributed by atoms with van der Waals surface area (Å²) < 4.78 is 0. The van der Waals surface area contributed by atoms with Crippen molar-refractivity contribution in [3.63, 3.8) is 0 Å². The highest BCUT2D eigenvalue weighted by molar-refractivity contribution is 5.58. The van der Waals surface area contributed by atoms with Crippen LogP contribution in [0.15, 0.2) is 6.33 Å². The van der Waals surface area contributed by atoms with E-state index < -0.39 is 0 Å². The van der Waals surface area contributed by atoms with Crippen molar-refractivity contribution in [2.45, 2.75) is 46.5 Å². The molecule has 0 unspecified atom stereocenters. The zero-order valence-electron chi connectivity index (χ0n) is 12.7. The molecular formula is C15H26N4. The van der Waals surface area contributed by atoms with Gasteiger partial charge < -0.3 is 10.2 Å². The molecule has 1 N–H and O–H groups in total. The Labute approximate surface area is 116 Å². The van der Waals surface area contributed by atoms with Gasteiger partial charge in [-0.2, -0.15) is 0 Å². The van der Waals surface area contributed by atoms with Gasteiger partial charge in [0.15, 0.2) is 0 Å². The Balaban J connectivity index is 2.20. The van der Waals surface area contributed by atoms with Crippen molar-refractivity contribution in [2.75, 3.05) is 30.4 Å². The minimum atomic E-state index is 0.516. The highest BCUT2D eigenvalue weighted by Gasteiger charge is 2.29. The van der Waals surface area contributed by atoms with Crippen LogP contribution in [0.25, 0.3) is 0 Å². The molecule has 1 aromatic heterocycles. The second kappa shape index (κ2) is 5.76. The van der Waals surface area contributed by atoms with E-state index in [4.69, 9.17) is 0 Å². The first-order chi connectivity index (χ1) is 9.13. The first-order valence-corrected chi connectivity index (χ1v) is 7.40. The maximum absolute atomic E-state index is 4.53. The van der Waals surface area contributed by atoms with Gasteiger partial charge in [-0.15, -0.1) is 0 Å². The third-order valence-corrected chi connectivity index (χ3v) is 4.64. The van der Waals surface area contributed by atoms with Crippen molar-refractivity contribution < 1.29 is 0 Å². The molecule has 1 aromatic rings. The molecule has 0 radical (unpaired) electrons. The molecule has 1 aliphatic heterocycles. The molecule has 2 rings (SSSR count). The molecule has 1 fully saturated rings. The van der Waals surface area contributed by atoms with E-state index in [1.54, 1.807) is 6.33 Å². The number of nitrogens with one attached hydrogen (secondary N) is 1. The van der Waals surface area contributed by atoms with Crippen molar-refractivity contribution in [3.05, 3.63) is 11.9 Å². The normalized spacial score (nSPS) is 18.4. The van der Waals surface area contributed by atoms with Gasteiger partial charge in [-0.3, -0.25) is 0 Å². The SMILES string of the molecule is CCc1c(NC)ncnc1N1CCC(C)(CC)CC1. The predicted octanol–water partition coefficient (Wildman–Crippen LogP) is 3.10. The van der Waals surface area contributed by atoms with Crippen LogP contribution in [0.1, 0.15) is 45.6 Å². The van der Waals surface area contributed by atoms with E-state index in [0.717, 1.165) is 31.1 Å². The number of hydrogen-bond donors (Lipinski definition) is 1. The van der Waals surface area contributed by atoms with Crippen LogP contribution in [0, 0.1) is 5.41 Å². The van der Waals surface area contributed by atoms with E-state index >= 15 is 0 Å². The molecule has 1 saturated heterocycles. The minimum absolute atomic E-state index is 0.516. The smallest absolute Gasteiger partial charge is 0.137 e. The lowest BCUT2D eigenvalue weighted by atomic mass is 9.78. The Bertz CT molecular complexity index is 422. The average Bonchev–Trinajstić information content (AvgIpc) is 2.47. The Morgan fingerprint density at radius 1 is 1.26 bits per heavy atom. The Morgan fingerprint density at radius 2 is 1.95 bits per heavy atom. The van der Waals surface area contributed by atoms with E-state index in [9.17, 15) is 0 Å². The summed E-state index contributed by atoms with van der Waals surface area (Å²) in [7, 11) is 1.93. The molecule has 0 aliphatic carbocycles. The predicted molar refractivity (Wildman–Crippen MR) is 80.8 cm³/mol. The lowest BCUT2D eigenvalue weighted by molar-refractivity contribution is 0.237. The van der Waals surface area contributed by atoms with E-state index in [2.05, 4.69) is 41.0 Å². The summed E-state index contributed by atoms with van der Waals surface area (Å²) in [5, 5.41) is 3.18. The number of piperidine rings is 1. The van der Waals surface area contributed by atoms with Crippen LogP contribution in [0.2, 0.25) is 0 Å². The van der Waals surface area contributed by atoms with Crippen LogP contribution in [-0.2, 0) is 6.42 Å². The fourth-order valence-corrected chi connectivity index (χ4v) is 2.83. The van der Waals surface area contributed by atoms with Gasteiger partial charge in [-0.1, -0.05) is 27.2 Å². The fraction of sp³-hybridized carbons (Fsp3) is 0.733. The van der Waals surface area contributed by atoms with Crippen molar-refractivity contribution in [3.8, 4) is 0 Å².